The molecule has 27 heavy (non-hydrogen) atoms. The van der Waals surface area contributed by atoms with Crippen molar-refractivity contribution in [3.63, 3.8) is 0 Å². The number of aliphatic hydroxyl groups excluding tert-OH is 1. The molecule has 4 rings (SSSR count). The molecule has 0 unspecified atom stereocenters. The maximum Gasteiger partial charge on any atom is 0.229 e. The molecule has 0 saturated heterocycles. The van der Waals surface area contributed by atoms with Crippen LogP contribution in [0.3, 0.4) is 0 Å². The minimum absolute atomic E-state index is 0.136. The van der Waals surface area contributed by atoms with Crippen LogP contribution in [-0.4, -0.2) is 41.4 Å². The van der Waals surface area contributed by atoms with Crippen molar-refractivity contribution in [2.75, 3.05) is 37.0 Å². The number of aliphatic hydroxyl groups is 1. The largest absolute Gasteiger partial charge is 0.486 e. The van der Waals surface area contributed by atoms with Crippen molar-refractivity contribution < 1.29 is 14.6 Å². The third-order valence-corrected chi connectivity index (χ3v) is 4.28. The summed E-state index contributed by atoms with van der Waals surface area (Å²) < 4.78 is 11.2. The van der Waals surface area contributed by atoms with Gasteiger partial charge in [-0.15, -0.1) is 0 Å². The van der Waals surface area contributed by atoms with Crippen molar-refractivity contribution in [3.8, 4) is 11.5 Å². The first-order valence-electron chi connectivity index (χ1n) is 9.03. The van der Waals surface area contributed by atoms with E-state index < -0.39 is 0 Å². The van der Waals surface area contributed by atoms with Crippen molar-refractivity contribution in [1.29, 1.82) is 0 Å². The Hall–Kier alpha value is -3.06. The molecule has 7 nitrogen and oxygen atoms in total. The maximum absolute atomic E-state index is 9.04. The molecular formula is C20H22N4O3. The Morgan fingerprint density at radius 2 is 1.89 bits per heavy atom. The van der Waals surface area contributed by atoms with E-state index in [9.17, 15) is 0 Å². The molecule has 0 bridgehead atoms. The quantitative estimate of drug-likeness (QED) is 0.577. The number of hydrogen-bond acceptors (Lipinski definition) is 7. The lowest BCUT2D eigenvalue weighted by Crippen LogP contribution is -2.15. The first-order valence-corrected chi connectivity index (χ1v) is 9.03. The normalized spacial score (nSPS) is 12.8. The molecular weight excluding hydrogens is 344 g/mol. The van der Waals surface area contributed by atoms with Crippen molar-refractivity contribution in [3.05, 3.63) is 42.0 Å². The van der Waals surface area contributed by atoms with Crippen LogP contribution >= 0.6 is 0 Å². The number of nitrogens with zero attached hydrogens (tertiary/aromatic N) is 2. The average molecular weight is 366 g/mol. The SMILES string of the molecule is Cc1ccc2nc(Nc3ccc4c(c3)OCCO4)nc(NCCCO)c2c1. The van der Waals surface area contributed by atoms with Crippen LogP contribution in [0.2, 0.25) is 0 Å². The van der Waals surface area contributed by atoms with E-state index in [1.54, 1.807) is 0 Å². The minimum Gasteiger partial charge on any atom is -0.486 e. The van der Waals surface area contributed by atoms with Crippen LogP contribution in [0.1, 0.15) is 12.0 Å². The van der Waals surface area contributed by atoms with E-state index in [4.69, 9.17) is 14.6 Å². The summed E-state index contributed by atoms with van der Waals surface area (Å²) >= 11 is 0. The molecule has 0 aliphatic carbocycles. The molecule has 0 saturated carbocycles. The molecule has 0 amide bonds. The second-order valence-electron chi connectivity index (χ2n) is 6.40. The van der Waals surface area contributed by atoms with Gasteiger partial charge in [-0.25, -0.2) is 4.98 Å². The van der Waals surface area contributed by atoms with Gasteiger partial charge in [-0.3, -0.25) is 0 Å². The highest BCUT2D eigenvalue weighted by Crippen LogP contribution is 2.33. The number of anilines is 3. The summed E-state index contributed by atoms with van der Waals surface area (Å²) in [6.45, 7) is 3.92. The van der Waals surface area contributed by atoms with Crippen LogP contribution in [0, 0.1) is 6.92 Å². The Kier molecular flexibility index (Phi) is 4.93. The highest BCUT2D eigenvalue weighted by molar-refractivity contribution is 5.90. The Balaban J connectivity index is 1.65. The molecule has 0 radical (unpaired) electrons. The summed E-state index contributed by atoms with van der Waals surface area (Å²) in [5.74, 6) is 2.70. The molecule has 1 aromatic heterocycles. The lowest BCUT2D eigenvalue weighted by Gasteiger charge is -2.19. The minimum atomic E-state index is 0.136. The zero-order valence-electron chi connectivity index (χ0n) is 15.2. The molecule has 0 fully saturated rings. The molecule has 3 N–H and O–H groups in total. The number of hydrogen-bond donors (Lipinski definition) is 3. The predicted octanol–water partition coefficient (Wildman–Crippen LogP) is 3.25. The first kappa shape index (κ1) is 17.4. The Morgan fingerprint density at radius 3 is 2.74 bits per heavy atom. The number of aromatic nitrogens is 2. The summed E-state index contributed by atoms with van der Waals surface area (Å²) in [6, 6.07) is 11.7. The Morgan fingerprint density at radius 1 is 1.04 bits per heavy atom. The second-order valence-corrected chi connectivity index (χ2v) is 6.40. The van der Waals surface area contributed by atoms with Crippen molar-refractivity contribution in [1.82, 2.24) is 9.97 Å². The van der Waals surface area contributed by atoms with Gasteiger partial charge in [0.1, 0.15) is 19.0 Å². The standard InChI is InChI=1S/C20H22N4O3/c1-13-3-5-16-15(11-13)19(21-7-2-8-25)24-20(23-16)22-14-4-6-17-18(12-14)27-10-9-26-17/h3-6,11-12,25H,2,7-10H2,1H3,(H2,21,22,23,24). The fourth-order valence-electron chi connectivity index (χ4n) is 2.97. The number of rotatable bonds is 6. The van der Waals surface area contributed by atoms with E-state index in [1.807, 2.05) is 37.3 Å². The van der Waals surface area contributed by atoms with Crippen molar-refractivity contribution in [2.45, 2.75) is 13.3 Å². The van der Waals surface area contributed by atoms with Gasteiger partial charge in [0.2, 0.25) is 5.95 Å². The molecule has 1 aliphatic rings. The molecule has 7 heteroatoms. The van der Waals surface area contributed by atoms with Crippen LogP contribution in [0.5, 0.6) is 11.5 Å². The third kappa shape index (κ3) is 3.88. The number of benzene rings is 2. The van der Waals surface area contributed by atoms with Gasteiger partial charge < -0.3 is 25.2 Å². The van der Waals surface area contributed by atoms with Gasteiger partial charge in [0.25, 0.3) is 0 Å². The summed E-state index contributed by atoms with van der Waals surface area (Å²) in [5.41, 5.74) is 2.82. The zero-order chi connectivity index (χ0) is 18.6. The third-order valence-electron chi connectivity index (χ3n) is 4.28. The molecule has 0 spiro atoms. The number of ether oxygens (including phenoxy) is 2. The van der Waals surface area contributed by atoms with E-state index >= 15 is 0 Å². The molecule has 3 aromatic rings. The lowest BCUT2D eigenvalue weighted by molar-refractivity contribution is 0.171. The van der Waals surface area contributed by atoms with Crippen molar-refractivity contribution in [2.24, 2.45) is 0 Å². The fourth-order valence-corrected chi connectivity index (χ4v) is 2.97. The van der Waals surface area contributed by atoms with Gasteiger partial charge in [-0.05, 0) is 37.6 Å². The smallest absolute Gasteiger partial charge is 0.229 e. The molecule has 140 valence electrons. The number of fused-ring (bicyclic) bond motifs is 2. The molecule has 0 atom stereocenters. The molecule has 1 aliphatic heterocycles. The topological polar surface area (TPSA) is 88.5 Å². The van der Waals surface area contributed by atoms with E-state index in [0.29, 0.717) is 37.9 Å². The average Bonchev–Trinajstić information content (AvgIpc) is 2.68. The zero-order valence-corrected chi connectivity index (χ0v) is 15.2. The van der Waals surface area contributed by atoms with Gasteiger partial charge in [0, 0.05) is 30.3 Å². The predicted molar refractivity (Wildman–Crippen MR) is 105 cm³/mol. The molecule has 2 aromatic carbocycles. The number of aryl methyl sites for hydroxylation is 1. The fraction of sp³-hybridized carbons (Fsp3) is 0.300. The number of nitrogens with one attached hydrogen (secondary N) is 2. The summed E-state index contributed by atoms with van der Waals surface area (Å²) in [5, 5.41) is 16.5. The monoisotopic (exact) mass is 366 g/mol. The van der Waals surface area contributed by atoms with E-state index in [-0.39, 0.29) is 6.61 Å². The van der Waals surface area contributed by atoms with Crippen LogP contribution in [-0.2, 0) is 0 Å². The van der Waals surface area contributed by atoms with Crippen LogP contribution in [0.4, 0.5) is 17.5 Å². The van der Waals surface area contributed by atoms with Crippen molar-refractivity contribution >= 4 is 28.4 Å². The van der Waals surface area contributed by atoms with Crippen LogP contribution in [0.25, 0.3) is 10.9 Å². The summed E-state index contributed by atoms with van der Waals surface area (Å²) in [7, 11) is 0. The van der Waals surface area contributed by atoms with E-state index in [1.165, 1.54) is 0 Å². The van der Waals surface area contributed by atoms with E-state index in [0.717, 1.165) is 33.7 Å². The van der Waals surface area contributed by atoms with Gasteiger partial charge in [-0.2, -0.15) is 4.98 Å². The van der Waals surface area contributed by atoms with E-state index in [2.05, 4.69) is 26.7 Å². The van der Waals surface area contributed by atoms with Crippen LogP contribution in [0.15, 0.2) is 36.4 Å². The summed E-state index contributed by atoms with van der Waals surface area (Å²) in [4.78, 5) is 9.26. The van der Waals surface area contributed by atoms with Gasteiger partial charge in [0.05, 0.1) is 5.52 Å². The van der Waals surface area contributed by atoms with Gasteiger partial charge in [0.15, 0.2) is 11.5 Å². The van der Waals surface area contributed by atoms with Gasteiger partial charge in [-0.1, -0.05) is 11.6 Å². The molecule has 2 heterocycles. The Labute approximate surface area is 157 Å². The highest BCUT2D eigenvalue weighted by atomic mass is 16.6. The van der Waals surface area contributed by atoms with Gasteiger partial charge >= 0.3 is 0 Å². The lowest BCUT2D eigenvalue weighted by atomic mass is 10.1. The maximum atomic E-state index is 9.04. The second kappa shape index (κ2) is 7.67. The highest BCUT2D eigenvalue weighted by Gasteiger charge is 2.13. The first-order chi connectivity index (χ1) is 13.2. The summed E-state index contributed by atoms with van der Waals surface area (Å²) in [6.07, 6.45) is 0.655. The Bertz CT molecular complexity index is 961. The van der Waals surface area contributed by atoms with Crippen LogP contribution < -0.4 is 20.1 Å².